The molecule has 1 unspecified atom stereocenters. The average molecular weight is 291 g/mol. The molecule has 1 aromatic heterocycles. The van der Waals surface area contributed by atoms with E-state index in [4.69, 9.17) is 4.74 Å². The first-order valence-corrected chi connectivity index (χ1v) is 7.85. The van der Waals surface area contributed by atoms with Crippen LogP contribution in [0.3, 0.4) is 0 Å². The highest BCUT2D eigenvalue weighted by molar-refractivity contribution is 7.19. The van der Waals surface area contributed by atoms with Crippen LogP contribution < -0.4 is 5.32 Å². The molecule has 2 heterocycles. The lowest BCUT2D eigenvalue weighted by Gasteiger charge is -2.23. The molecule has 1 aliphatic heterocycles. The van der Waals surface area contributed by atoms with Crippen molar-refractivity contribution in [1.82, 2.24) is 5.32 Å². The lowest BCUT2D eigenvalue weighted by atomic mass is 10.1. The van der Waals surface area contributed by atoms with Crippen LogP contribution in [0.4, 0.5) is 4.39 Å². The van der Waals surface area contributed by atoms with Crippen LogP contribution in [0.1, 0.15) is 30.7 Å². The van der Waals surface area contributed by atoms with Crippen molar-refractivity contribution in [3.05, 3.63) is 46.8 Å². The van der Waals surface area contributed by atoms with Crippen LogP contribution in [-0.4, -0.2) is 13.2 Å². The van der Waals surface area contributed by atoms with E-state index in [1.54, 1.807) is 17.4 Å². The molecule has 0 aliphatic carbocycles. The van der Waals surface area contributed by atoms with Gasteiger partial charge < -0.3 is 10.1 Å². The largest absolute Gasteiger partial charge is 0.496 e. The molecule has 0 amide bonds. The summed E-state index contributed by atoms with van der Waals surface area (Å²) in [6.45, 7) is 3.74. The van der Waals surface area contributed by atoms with E-state index in [-0.39, 0.29) is 11.9 Å². The van der Waals surface area contributed by atoms with E-state index in [2.05, 4.69) is 24.4 Å². The molecule has 1 atom stereocenters. The fourth-order valence-electron chi connectivity index (χ4n) is 2.49. The molecule has 0 saturated carbocycles. The summed E-state index contributed by atoms with van der Waals surface area (Å²) in [6.07, 6.45) is 4.32. The highest BCUT2D eigenvalue weighted by Crippen LogP contribution is 2.35. The van der Waals surface area contributed by atoms with Crippen molar-refractivity contribution in [1.29, 1.82) is 0 Å². The molecule has 1 aliphatic rings. The van der Waals surface area contributed by atoms with Gasteiger partial charge in [-0.3, -0.25) is 0 Å². The van der Waals surface area contributed by atoms with Gasteiger partial charge in [-0.15, -0.1) is 11.3 Å². The molecule has 3 rings (SSSR count). The molecule has 106 valence electrons. The number of thiophene rings is 1. The van der Waals surface area contributed by atoms with Gasteiger partial charge in [0.05, 0.1) is 12.6 Å². The topological polar surface area (TPSA) is 21.3 Å². The Morgan fingerprint density at radius 2 is 2.30 bits per heavy atom. The van der Waals surface area contributed by atoms with E-state index in [9.17, 15) is 4.39 Å². The van der Waals surface area contributed by atoms with E-state index in [0.717, 1.165) is 41.8 Å². The molecule has 1 N–H and O–H groups in total. The van der Waals surface area contributed by atoms with Gasteiger partial charge in [-0.1, -0.05) is 13.0 Å². The quantitative estimate of drug-likeness (QED) is 0.902. The lowest BCUT2D eigenvalue weighted by molar-refractivity contribution is 0.169. The van der Waals surface area contributed by atoms with E-state index in [1.165, 1.54) is 10.9 Å². The molecule has 0 saturated heterocycles. The van der Waals surface area contributed by atoms with Crippen molar-refractivity contribution in [3.63, 3.8) is 0 Å². The van der Waals surface area contributed by atoms with Crippen LogP contribution in [0.5, 0.6) is 0 Å². The van der Waals surface area contributed by atoms with Crippen molar-refractivity contribution >= 4 is 21.4 Å². The van der Waals surface area contributed by atoms with Crippen LogP contribution in [-0.2, 0) is 4.74 Å². The molecule has 4 heteroatoms. The second kappa shape index (κ2) is 5.94. The Morgan fingerprint density at radius 3 is 3.05 bits per heavy atom. The number of benzene rings is 1. The molecule has 1 aromatic carbocycles. The fourth-order valence-corrected chi connectivity index (χ4v) is 3.66. The minimum Gasteiger partial charge on any atom is -0.496 e. The molecule has 0 fully saturated rings. The monoisotopic (exact) mass is 291 g/mol. The van der Waals surface area contributed by atoms with Crippen molar-refractivity contribution in [3.8, 4) is 0 Å². The molecule has 0 spiro atoms. The molecular weight excluding hydrogens is 273 g/mol. The molecule has 0 radical (unpaired) electrons. The summed E-state index contributed by atoms with van der Waals surface area (Å²) in [5.41, 5.74) is 0. The summed E-state index contributed by atoms with van der Waals surface area (Å²) in [6, 6.07) is 7.16. The maximum absolute atomic E-state index is 13.3. The van der Waals surface area contributed by atoms with Crippen LogP contribution in [0.25, 0.3) is 10.1 Å². The van der Waals surface area contributed by atoms with Crippen molar-refractivity contribution in [2.75, 3.05) is 13.2 Å². The van der Waals surface area contributed by atoms with Crippen molar-refractivity contribution in [2.24, 2.45) is 0 Å². The van der Waals surface area contributed by atoms with Crippen LogP contribution in [0.15, 0.2) is 36.1 Å². The smallest absolute Gasteiger partial charge is 0.124 e. The predicted molar refractivity (Wildman–Crippen MR) is 81.5 cm³/mol. The fraction of sp³-hybridized carbons (Fsp3) is 0.375. The number of nitrogens with one attached hydrogen (secondary N) is 1. The maximum atomic E-state index is 13.3. The van der Waals surface area contributed by atoms with Gasteiger partial charge in [0.2, 0.25) is 0 Å². The zero-order valence-corrected chi connectivity index (χ0v) is 12.3. The van der Waals surface area contributed by atoms with Gasteiger partial charge in [0.15, 0.2) is 0 Å². The van der Waals surface area contributed by atoms with Gasteiger partial charge >= 0.3 is 0 Å². The van der Waals surface area contributed by atoms with E-state index < -0.39 is 0 Å². The zero-order valence-electron chi connectivity index (χ0n) is 11.5. The van der Waals surface area contributed by atoms with E-state index in [0.29, 0.717) is 0 Å². The normalized spacial score (nSPS) is 16.8. The van der Waals surface area contributed by atoms with Crippen LogP contribution in [0.2, 0.25) is 0 Å². The Kier molecular flexibility index (Phi) is 4.03. The Hall–Kier alpha value is -1.39. The number of halogens is 1. The maximum Gasteiger partial charge on any atom is 0.124 e. The molecular formula is C16H18FNOS. The Labute approximate surface area is 122 Å². The second-order valence-electron chi connectivity index (χ2n) is 4.92. The standard InChI is InChI=1S/C16H18FNOS/c1-2-18-16(13-5-3-4-8-19-13)15-9-11-6-7-12(17)10-14(11)20-15/h5-7,9-10,16,18H,2-4,8H2,1H3. The summed E-state index contributed by atoms with van der Waals surface area (Å²) < 4.78 is 20.1. The van der Waals surface area contributed by atoms with Crippen LogP contribution in [0, 0.1) is 5.82 Å². The van der Waals surface area contributed by atoms with E-state index >= 15 is 0 Å². The minimum absolute atomic E-state index is 0.0840. The third-order valence-electron chi connectivity index (χ3n) is 3.44. The highest BCUT2D eigenvalue weighted by Gasteiger charge is 2.21. The van der Waals surface area contributed by atoms with Crippen LogP contribution >= 0.6 is 11.3 Å². The zero-order chi connectivity index (χ0) is 13.9. The summed E-state index contributed by atoms with van der Waals surface area (Å²) in [5.74, 6) is 0.823. The van der Waals surface area contributed by atoms with Crippen molar-refractivity contribution in [2.45, 2.75) is 25.8 Å². The third-order valence-corrected chi connectivity index (χ3v) is 4.60. The number of rotatable bonds is 4. The number of hydrogen-bond acceptors (Lipinski definition) is 3. The summed E-state index contributed by atoms with van der Waals surface area (Å²) in [5, 5.41) is 4.56. The number of allylic oxidation sites excluding steroid dienone is 1. The Bertz CT molecular complexity index is 634. The SMILES string of the molecule is CCNC(C1=CCCCO1)c1cc2ccc(F)cc2s1. The highest BCUT2D eigenvalue weighted by atomic mass is 32.1. The first kappa shape index (κ1) is 13.6. The lowest BCUT2D eigenvalue weighted by Crippen LogP contribution is -2.24. The predicted octanol–water partition coefficient (Wildman–Crippen LogP) is 4.39. The van der Waals surface area contributed by atoms with Gasteiger partial charge in [0.1, 0.15) is 11.6 Å². The number of likely N-dealkylation sites (N-methyl/N-ethyl adjacent to an activating group) is 1. The molecule has 20 heavy (non-hydrogen) atoms. The molecule has 2 nitrogen and oxygen atoms in total. The number of fused-ring (bicyclic) bond motifs is 1. The minimum atomic E-state index is -0.181. The van der Waals surface area contributed by atoms with Gasteiger partial charge in [-0.25, -0.2) is 4.39 Å². The first-order valence-electron chi connectivity index (χ1n) is 7.03. The average Bonchev–Trinajstić information content (AvgIpc) is 2.88. The van der Waals surface area contributed by atoms with Gasteiger partial charge in [-0.05, 0) is 49.0 Å². The number of ether oxygens (including phenoxy) is 1. The summed E-state index contributed by atoms with van der Waals surface area (Å²) in [4.78, 5) is 1.18. The third kappa shape index (κ3) is 2.72. The van der Waals surface area contributed by atoms with Gasteiger partial charge in [0.25, 0.3) is 0 Å². The number of hydrogen-bond donors (Lipinski definition) is 1. The Morgan fingerprint density at radius 1 is 1.40 bits per heavy atom. The van der Waals surface area contributed by atoms with Gasteiger partial charge in [0, 0.05) is 9.58 Å². The second-order valence-corrected chi connectivity index (χ2v) is 6.03. The first-order chi connectivity index (χ1) is 9.78. The molecule has 0 bridgehead atoms. The summed E-state index contributed by atoms with van der Waals surface area (Å²) in [7, 11) is 0. The van der Waals surface area contributed by atoms with Gasteiger partial charge in [-0.2, -0.15) is 0 Å². The Balaban J connectivity index is 1.98. The van der Waals surface area contributed by atoms with Crippen molar-refractivity contribution < 1.29 is 9.13 Å². The summed E-state index contributed by atoms with van der Waals surface area (Å²) >= 11 is 1.63. The molecule has 2 aromatic rings. The van der Waals surface area contributed by atoms with E-state index in [1.807, 2.05) is 6.07 Å².